The van der Waals surface area contributed by atoms with Gasteiger partial charge in [-0.2, -0.15) is 5.10 Å². The molecule has 0 saturated heterocycles. The molecule has 0 bridgehead atoms. The van der Waals surface area contributed by atoms with E-state index in [9.17, 15) is 4.79 Å². The van der Waals surface area contributed by atoms with Gasteiger partial charge in [-0.25, -0.2) is 9.48 Å². The first kappa shape index (κ1) is 16.3. The van der Waals surface area contributed by atoms with Gasteiger partial charge in [0.05, 0.1) is 11.7 Å². The van der Waals surface area contributed by atoms with E-state index in [0.717, 1.165) is 16.9 Å². The lowest BCUT2D eigenvalue weighted by Crippen LogP contribution is -2.31. The summed E-state index contributed by atoms with van der Waals surface area (Å²) in [6, 6.07) is 11.3. The second-order valence-electron chi connectivity index (χ2n) is 5.69. The maximum absolute atomic E-state index is 12.3. The van der Waals surface area contributed by atoms with Gasteiger partial charge in [-0.3, -0.25) is 0 Å². The van der Waals surface area contributed by atoms with Gasteiger partial charge in [0.2, 0.25) is 0 Å². The minimum atomic E-state index is -0.219. The van der Waals surface area contributed by atoms with Gasteiger partial charge < -0.3 is 10.6 Å². The Morgan fingerprint density at radius 1 is 1.25 bits per heavy atom. The Kier molecular flexibility index (Phi) is 4.66. The first-order chi connectivity index (χ1) is 11.5. The third kappa shape index (κ3) is 3.65. The predicted octanol–water partition coefficient (Wildman–Crippen LogP) is 4.43. The minimum absolute atomic E-state index is 0.0377. The Balaban J connectivity index is 1.67. The van der Waals surface area contributed by atoms with Crippen molar-refractivity contribution in [3.63, 3.8) is 0 Å². The highest BCUT2D eigenvalue weighted by molar-refractivity contribution is 7.12. The molecule has 1 atom stereocenters. The molecule has 2 amide bonds. The molecule has 6 heteroatoms. The third-order valence-electron chi connectivity index (χ3n) is 3.77. The highest BCUT2D eigenvalue weighted by Crippen LogP contribution is 2.26. The van der Waals surface area contributed by atoms with Gasteiger partial charge in [-0.1, -0.05) is 6.07 Å². The lowest BCUT2D eigenvalue weighted by atomic mass is 10.1. The van der Waals surface area contributed by atoms with Gasteiger partial charge in [0.1, 0.15) is 0 Å². The summed E-state index contributed by atoms with van der Waals surface area (Å²) in [6.45, 7) is 6.15. The van der Waals surface area contributed by atoms with Crippen LogP contribution >= 0.6 is 11.3 Å². The number of aryl methyl sites for hydroxylation is 2. The van der Waals surface area contributed by atoms with E-state index in [2.05, 4.69) is 35.6 Å². The summed E-state index contributed by atoms with van der Waals surface area (Å²) in [7, 11) is 0. The number of amides is 2. The fraction of sp³-hybridized carbons (Fsp3) is 0.222. The quantitative estimate of drug-likeness (QED) is 0.738. The van der Waals surface area contributed by atoms with E-state index < -0.39 is 0 Å². The molecule has 0 fully saturated rings. The lowest BCUT2D eigenvalue weighted by Gasteiger charge is -2.15. The molecule has 124 valence electrons. The number of hydrogen-bond acceptors (Lipinski definition) is 3. The zero-order valence-corrected chi connectivity index (χ0v) is 14.7. The summed E-state index contributed by atoms with van der Waals surface area (Å²) >= 11 is 1.75. The van der Waals surface area contributed by atoms with E-state index >= 15 is 0 Å². The third-order valence-corrected chi connectivity index (χ3v) is 4.75. The van der Waals surface area contributed by atoms with E-state index in [4.69, 9.17) is 0 Å². The summed E-state index contributed by atoms with van der Waals surface area (Å²) in [5, 5.41) is 10.1. The highest BCUT2D eigenvalue weighted by atomic mass is 32.1. The van der Waals surface area contributed by atoms with E-state index in [0.29, 0.717) is 0 Å². The van der Waals surface area contributed by atoms with Gasteiger partial charge in [0.15, 0.2) is 0 Å². The molecule has 0 saturated carbocycles. The average molecular weight is 340 g/mol. The molecular formula is C18H20N4OS. The van der Waals surface area contributed by atoms with Crippen LogP contribution in [-0.4, -0.2) is 15.8 Å². The fourth-order valence-electron chi connectivity index (χ4n) is 2.67. The molecule has 2 N–H and O–H groups in total. The number of carbonyl (C=O) groups is 1. The zero-order chi connectivity index (χ0) is 17.1. The number of urea groups is 1. The van der Waals surface area contributed by atoms with Gasteiger partial charge in [0.25, 0.3) is 0 Å². The van der Waals surface area contributed by atoms with Crippen LogP contribution in [-0.2, 0) is 0 Å². The fourth-order valence-corrected chi connectivity index (χ4v) is 3.69. The molecule has 0 radical (unpaired) electrons. The number of aromatic nitrogens is 2. The molecule has 0 spiro atoms. The van der Waals surface area contributed by atoms with Crippen LogP contribution in [0.2, 0.25) is 0 Å². The molecule has 2 aromatic heterocycles. The van der Waals surface area contributed by atoms with Crippen LogP contribution in [0.15, 0.2) is 48.8 Å². The number of anilines is 1. The topological polar surface area (TPSA) is 59.0 Å². The molecule has 5 nitrogen and oxygen atoms in total. The number of carbonyl (C=O) groups excluding carboxylic acids is 1. The molecule has 1 aromatic carbocycles. The predicted molar refractivity (Wildman–Crippen MR) is 97.9 cm³/mol. The largest absolute Gasteiger partial charge is 0.331 e. The Bertz CT molecular complexity index is 839. The summed E-state index contributed by atoms with van der Waals surface area (Å²) in [5.74, 6) is 0. The Morgan fingerprint density at radius 3 is 2.75 bits per heavy atom. The van der Waals surface area contributed by atoms with Crippen LogP contribution in [0.25, 0.3) is 5.69 Å². The molecule has 0 aliphatic carbocycles. The van der Waals surface area contributed by atoms with Crippen LogP contribution < -0.4 is 10.6 Å². The Morgan fingerprint density at radius 2 is 2.08 bits per heavy atom. The SMILES string of the molecule is Cc1cc([C@@H](C)NC(=O)Nc2cccc(-n3cccn3)c2)c(C)s1. The van der Waals surface area contributed by atoms with Crippen molar-refractivity contribution in [3.8, 4) is 5.69 Å². The van der Waals surface area contributed by atoms with E-state index in [1.807, 2.05) is 43.5 Å². The average Bonchev–Trinajstić information content (AvgIpc) is 3.17. The molecule has 24 heavy (non-hydrogen) atoms. The van der Waals surface area contributed by atoms with Gasteiger partial charge in [-0.05, 0) is 56.7 Å². The second kappa shape index (κ2) is 6.88. The van der Waals surface area contributed by atoms with E-state index in [1.54, 1.807) is 22.2 Å². The van der Waals surface area contributed by atoms with Crippen LogP contribution in [0, 0.1) is 13.8 Å². The molecule has 0 aliphatic heterocycles. The van der Waals surface area contributed by atoms with Crippen LogP contribution in [0.1, 0.15) is 28.3 Å². The standard InChI is InChI=1S/C18H20N4OS/c1-12-10-17(14(3)24-12)13(2)20-18(23)21-15-6-4-7-16(11-15)22-9-5-8-19-22/h4-11,13H,1-3H3,(H2,20,21,23)/t13-/m1/s1. The number of nitrogens with zero attached hydrogens (tertiary/aromatic N) is 2. The molecule has 3 aromatic rings. The number of benzene rings is 1. The van der Waals surface area contributed by atoms with Crippen LogP contribution in [0.5, 0.6) is 0 Å². The van der Waals surface area contributed by atoms with Crippen molar-refractivity contribution in [1.82, 2.24) is 15.1 Å². The summed E-state index contributed by atoms with van der Waals surface area (Å²) in [4.78, 5) is 14.8. The van der Waals surface area contributed by atoms with Crippen molar-refractivity contribution in [2.24, 2.45) is 0 Å². The van der Waals surface area contributed by atoms with Crippen molar-refractivity contribution >= 4 is 23.1 Å². The monoisotopic (exact) mass is 340 g/mol. The van der Waals surface area contributed by atoms with Gasteiger partial charge >= 0.3 is 6.03 Å². The first-order valence-electron chi connectivity index (χ1n) is 7.77. The smallest absolute Gasteiger partial charge is 0.319 e. The maximum Gasteiger partial charge on any atom is 0.319 e. The van der Waals surface area contributed by atoms with Crippen molar-refractivity contribution < 1.29 is 4.79 Å². The minimum Gasteiger partial charge on any atom is -0.331 e. The molecular weight excluding hydrogens is 320 g/mol. The number of thiophene rings is 1. The van der Waals surface area contributed by atoms with E-state index in [1.165, 1.54) is 9.75 Å². The number of hydrogen-bond donors (Lipinski definition) is 2. The molecule has 0 aliphatic rings. The Labute approximate surface area is 145 Å². The van der Waals surface area contributed by atoms with Crippen molar-refractivity contribution in [1.29, 1.82) is 0 Å². The maximum atomic E-state index is 12.3. The Hall–Kier alpha value is -2.60. The van der Waals surface area contributed by atoms with Gasteiger partial charge in [-0.15, -0.1) is 11.3 Å². The van der Waals surface area contributed by atoms with Gasteiger partial charge in [0, 0.05) is 27.8 Å². The first-order valence-corrected chi connectivity index (χ1v) is 8.59. The molecule has 2 heterocycles. The zero-order valence-electron chi connectivity index (χ0n) is 13.9. The normalized spacial score (nSPS) is 12.0. The summed E-state index contributed by atoms with van der Waals surface area (Å²) in [6.07, 6.45) is 3.59. The van der Waals surface area contributed by atoms with Crippen molar-refractivity contribution in [3.05, 3.63) is 64.1 Å². The second-order valence-corrected chi connectivity index (χ2v) is 7.15. The summed E-state index contributed by atoms with van der Waals surface area (Å²) in [5.41, 5.74) is 2.79. The summed E-state index contributed by atoms with van der Waals surface area (Å²) < 4.78 is 1.75. The highest BCUT2D eigenvalue weighted by Gasteiger charge is 2.14. The van der Waals surface area contributed by atoms with E-state index in [-0.39, 0.29) is 12.1 Å². The van der Waals surface area contributed by atoms with Crippen LogP contribution in [0.4, 0.5) is 10.5 Å². The lowest BCUT2D eigenvalue weighted by molar-refractivity contribution is 0.249. The van der Waals surface area contributed by atoms with Crippen molar-refractivity contribution in [2.75, 3.05) is 5.32 Å². The van der Waals surface area contributed by atoms with Crippen LogP contribution in [0.3, 0.4) is 0 Å². The molecule has 0 unspecified atom stereocenters. The number of nitrogens with one attached hydrogen (secondary N) is 2. The molecule has 3 rings (SSSR count). The number of rotatable bonds is 4. The van der Waals surface area contributed by atoms with Crippen molar-refractivity contribution in [2.45, 2.75) is 26.8 Å².